The van der Waals surface area contributed by atoms with E-state index in [1.54, 1.807) is 11.1 Å². The maximum absolute atomic E-state index is 2.36. The average Bonchev–Trinajstić information content (AvgIpc) is 2.85. The largest absolute Gasteiger partial charge is 0.0776 e. The molecule has 1 aromatic carbocycles. The number of allylic oxidation sites excluding steroid dienone is 2. The zero-order valence-corrected chi connectivity index (χ0v) is 29.6. The molecule has 238 valence electrons. The van der Waals surface area contributed by atoms with Crippen molar-refractivity contribution >= 4 is 0 Å². The van der Waals surface area contributed by atoms with Crippen LogP contribution in [0.25, 0.3) is 0 Å². The Bertz CT molecular complexity index is 585. The summed E-state index contributed by atoms with van der Waals surface area (Å²) in [5.74, 6) is 6.16. The molecule has 0 aliphatic rings. The lowest BCUT2D eigenvalue weighted by Crippen LogP contribution is -2.12. The minimum Gasteiger partial charge on any atom is -0.0776 e. The number of rotatable bonds is 8. The summed E-state index contributed by atoms with van der Waals surface area (Å²) >= 11 is 0. The van der Waals surface area contributed by atoms with E-state index in [9.17, 15) is 0 Å². The summed E-state index contributed by atoms with van der Waals surface area (Å²) in [5, 5.41) is 0. The summed E-state index contributed by atoms with van der Waals surface area (Å²) in [6.07, 6.45) is 1.38. The van der Waals surface area contributed by atoms with Gasteiger partial charge in [-0.2, -0.15) is 0 Å². The lowest BCUT2D eigenvalue weighted by Gasteiger charge is -2.22. The standard InChI is InChI=1S/C12H18.C11H24.C10H20.2C2H6.2CH4/c1-9(2)11-7-5-6-8-12(11)10(3)4;1-8(2)10(5)7-11(6)9(3)4;1-7(2)9(5)10(6)8(3)4;2*1-2;;/h5-10H,1-4H3;8-11H,7H2,1-6H3;7-8H,1-6H3;2*1-2H3;2*1H4/b;;10-9-;;;;. The zero-order chi connectivity index (χ0) is 30.5. The molecule has 0 bridgehead atoms. The van der Waals surface area contributed by atoms with Crippen molar-refractivity contribution < 1.29 is 0 Å². The summed E-state index contributed by atoms with van der Waals surface area (Å²) in [5.41, 5.74) is 6.09. The third-order valence-corrected chi connectivity index (χ3v) is 7.61. The Morgan fingerprint density at radius 3 is 0.872 bits per heavy atom. The van der Waals surface area contributed by atoms with Gasteiger partial charge in [-0.1, -0.05) is 175 Å². The van der Waals surface area contributed by atoms with Crippen LogP contribution >= 0.6 is 0 Å². The minimum atomic E-state index is 0. The van der Waals surface area contributed by atoms with Crippen LogP contribution in [-0.2, 0) is 0 Å². The first kappa shape index (κ1) is 50.8. The van der Waals surface area contributed by atoms with Crippen molar-refractivity contribution in [1.82, 2.24) is 0 Å². The van der Waals surface area contributed by atoms with Gasteiger partial charge in [-0.15, -0.1) is 0 Å². The highest BCUT2D eigenvalue weighted by Gasteiger charge is 2.14. The first-order valence-electron chi connectivity index (χ1n) is 15.8. The van der Waals surface area contributed by atoms with Crippen molar-refractivity contribution in [2.24, 2.45) is 35.5 Å². The van der Waals surface area contributed by atoms with Crippen molar-refractivity contribution in [3.05, 3.63) is 46.5 Å². The number of hydrogen-bond acceptors (Lipinski definition) is 0. The molecule has 0 saturated heterocycles. The summed E-state index contributed by atoms with van der Waals surface area (Å²) in [7, 11) is 0. The highest BCUT2D eigenvalue weighted by molar-refractivity contribution is 5.31. The molecule has 1 rings (SSSR count). The van der Waals surface area contributed by atoms with E-state index in [4.69, 9.17) is 0 Å². The Morgan fingerprint density at radius 2 is 0.718 bits per heavy atom. The van der Waals surface area contributed by atoms with Gasteiger partial charge in [0.05, 0.1) is 0 Å². The molecule has 0 heterocycles. The fourth-order valence-corrected chi connectivity index (χ4v) is 3.60. The van der Waals surface area contributed by atoms with E-state index in [1.807, 2.05) is 27.7 Å². The summed E-state index contributed by atoms with van der Waals surface area (Å²) < 4.78 is 0. The Balaban J connectivity index is -0.0000000962. The van der Waals surface area contributed by atoms with Gasteiger partial charge in [0.1, 0.15) is 0 Å². The van der Waals surface area contributed by atoms with Gasteiger partial charge in [-0.25, -0.2) is 0 Å². The van der Waals surface area contributed by atoms with Gasteiger partial charge >= 0.3 is 0 Å². The molecule has 0 radical (unpaired) electrons. The molecule has 2 atom stereocenters. The molecule has 0 aliphatic carbocycles. The fraction of sp³-hybridized carbons (Fsp3) is 0.795. The first-order chi connectivity index (χ1) is 17.0. The molecule has 0 heteroatoms. The van der Waals surface area contributed by atoms with Gasteiger partial charge in [-0.3, -0.25) is 0 Å². The molecule has 1 aromatic rings. The Morgan fingerprint density at radius 1 is 0.487 bits per heavy atom. The van der Waals surface area contributed by atoms with Crippen LogP contribution in [-0.4, -0.2) is 0 Å². The molecular formula is C39H82. The van der Waals surface area contributed by atoms with E-state index < -0.39 is 0 Å². The first-order valence-corrected chi connectivity index (χ1v) is 15.8. The third-order valence-electron chi connectivity index (χ3n) is 7.61. The highest BCUT2D eigenvalue weighted by Crippen LogP contribution is 2.25. The SMILES string of the molecule is C.C.C/C(=C(\C)C(C)C)C(C)C.CC.CC.CC(C)C(C)CC(C)C(C)C.CC(C)c1ccccc1C(C)C. The molecule has 0 aromatic heterocycles. The van der Waals surface area contributed by atoms with Crippen molar-refractivity contribution in [1.29, 1.82) is 0 Å². The molecule has 39 heavy (non-hydrogen) atoms. The molecular weight excluding hydrogens is 468 g/mol. The predicted octanol–water partition coefficient (Wildman–Crippen LogP) is 14.9. The van der Waals surface area contributed by atoms with E-state index in [-0.39, 0.29) is 14.9 Å². The van der Waals surface area contributed by atoms with E-state index in [0.717, 1.165) is 23.7 Å². The smallest absolute Gasteiger partial charge is 0.0216 e. The topological polar surface area (TPSA) is 0 Å². The van der Waals surface area contributed by atoms with Crippen molar-refractivity contribution in [2.75, 3.05) is 0 Å². The maximum Gasteiger partial charge on any atom is -0.0216 e. The Kier molecular flexibility index (Phi) is 39.0. The Labute approximate surface area is 253 Å². The fourth-order valence-electron chi connectivity index (χ4n) is 3.60. The van der Waals surface area contributed by atoms with Crippen LogP contribution in [0, 0.1) is 35.5 Å². The quantitative estimate of drug-likeness (QED) is 0.282. The van der Waals surface area contributed by atoms with Crippen LogP contribution in [0.15, 0.2) is 35.4 Å². The molecule has 0 N–H and O–H groups in total. The van der Waals surface area contributed by atoms with Crippen molar-refractivity contribution in [3.63, 3.8) is 0 Å². The van der Waals surface area contributed by atoms with Crippen LogP contribution in [0.4, 0.5) is 0 Å². The number of benzene rings is 1. The molecule has 2 unspecified atom stereocenters. The minimum absolute atomic E-state index is 0. The molecule has 0 aliphatic heterocycles. The third kappa shape index (κ3) is 25.7. The normalized spacial score (nSPS) is 12.4. The summed E-state index contributed by atoms with van der Waals surface area (Å²) in [4.78, 5) is 0. The summed E-state index contributed by atoms with van der Waals surface area (Å²) in [6, 6.07) is 8.72. The van der Waals surface area contributed by atoms with E-state index in [2.05, 4.69) is 135 Å². The van der Waals surface area contributed by atoms with Crippen molar-refractivity contribution in [3.8, 4) is 0 Å². The second kappa shape index (κ2) is 29.9. The molecule has 0 nitrogen and oxygen atoms in total. The van der Waals surface area contributed by atoms with Gasteiger partial charge < -0.3 is 0 Å². The molecule has 0 saturated carbocycles. The lowest BCUT2D eigenvalue weighted by molar-refractivity contribution is 0.283. The van der Waals surface area contributed by atoms with E-state index in [1.165, 1.54) is 17.5 Å². The molecule has 0 spiro atoms. The van der Waals surface area contributed by atoms with Gasteiger partial charge in [0.2, 0.25) is 0 Å². The van der Waals surface area contributed by atoms with Crippen molar-refractivity contribution in [2.45, 2.75) is 172 Å². The zero-order valence-electron chi connectivity index (χ0n) is 29.6. The van der Waals surface area contributed by atoms with Crippen LogP contribution in [0.5, 0.6) is 0 Å². The van der Waals surface area contributed by atoms with Gasteiger partial charge in [-0.05, 0) is 78.7 Å². The maximum atomic E-state index is 2.36. The monoisotopic (exact) mass is 551 g/mol. The van der Waals surface area contributed by atoms with Crippen LogP contribution in [0.2, 0.25) is 0 Å². The van der Waals surface area contributed by atoms with Crippen LogP contribution in [0.1, 0.15) is 183 Å². The second-order valence-electron chi connectivity index (χ2n) is 12.3. The van der Waals surface area contributed by atoms with Gasteiger partial charge in [0.15, 0.2) is 0 Å². The van der Waals surface area contributed by atoms with Gasteiger partial charge in [0, 0.05) is 0 Å². The van der Waals surface area contributed by atoms with E-state index >= 15 is 0 Å². The number of hydrogen-bond donors (Lipinski definition) is 0. The molecule has 0 amide bonds. The second-order valence-corrected chi connectivity index (χ2v) is 12.3. The van der Waals surface area contributed by atoms with E-state index in [0.29, 0.717) is 23.7 Å². The Hall–Kier alpha value is -1.04. The highest BCUT2D eigenvalue weighted by atomic mass is 14.2. The molecule has 0 fully saturated rings. The average molecular weight is 551 g/mol. The lowest BCUT2D eigenvalue weighted by atomic mass is 9.84. The van der Waals surface area contributed by atoms with Gasteiger partial charge in [0.25, 0.3) is 0 Å². The predicted molar refractivity (Wildman–Crippen MR) is 191 cm³/mol. The van der Waals surface area contributed by atoms with Crippen LogP contribution in [0.3, 0.4) is 0 Å². The summed E-state index contributed by atoms with van der Waals surface area (Å²) in [6.45, 7) is 44.5. The van der Waals surface area contributed by atoms with Crippen LogP contribution < -0.4 is 0 Å².